The van der Waals surface area contributed by atoms with Crippen molar-refractivity contribution in [3.8, 4) is 0 Å². The molecule has 0 atom stereocenters. The van der Waals surface area contributed by atoms with Crippen LogP contribution in [0.2, 0.25) is 0 Å². The lowest BCUT2D eigenvalue weighted by atomic mass is 9.82. The van der Waals surface area contributed by atoms with Crippen LogP contribution in [0, 0.1) is 6.92 Å². The van der Waals surface area contributed by atoms with Gasteiger partial charge in [-0.25, -0.2) is 0 Å². The average Bonchev–Trinajstić information content (AvgIpc) is 2.19. The van der Waals surface area contributed by atoms with Crippen molar-refractivity contribution in [3.05, 3.63) is 34.9 Å². The lowest BCUT2D eigenvalue weighted by molar-refractivity contribution is 0.584. The largest absolute Gasteiger partial charge is 0.0776 e. The maximum atomic E-state index is 2.36. The molecule has 0 aliphatic heterocycles. The molecular formula is C17H32. The van der Waals surface area contributed by atoms with Crippen LogP contribution in [-0.2, 0) is 5.41 Å². The van der Waals surface area contributed by atoms with Crippen molar-refractivity contribution in [3.63, 3.8) is 0 Å². The van der Waals surface area contributed by atoms with Gasteiger partial charge in [-0.15, -0.1) is 0 Å². The Balaban J connectivity index is 0. The summed E-state index contributed by atoms with van der Waals surface area (Å²) in [4.78, 5) is 0. The van der Waals surface area contributed by atoms with Gasteiger partial charge in [0.05, 0.1) is 0 Å². The van der Waals surface area contributed by atoms with Crippen LogP contribution >= 0.6 is 0 Å². The third kappa shape index (κ3) is 5.39. The molecule has 0 saturated carbocycles. The first-order valence-corrected chi connectivity index (χ1v) is 6.43. The van der Waals surface area contributed by atoms with Crippen molar-refractivity contribution < 1.29 is 0 Å². The molecule has 0 aliphatic rings. The summed E-state index contributed by atoms with van der Waals surface area (Å²) in [5.41, 5.74) is 4.58. The van der Waals surface area contributed by atoms with Crippen LogP contribution in [0.3, 0.4) is 0 Å². The molecule has 0 unspecified atom stereocenters. The Morgan fingerprint density at radius 2 is 1.47 bits per heavy atom. The Morgan fingerprint density at radius 1 is 1.00 bits per heavy atom. The summed E-state index contributed by atoms with van der Waals surface area (Å²) in [6, 6.07) is 6.85. The van der Waals surface area contributed by atoms with Crippen LogP contribution in [0.15, 0.2) is 18.2 Å². The summed E-state index contributed by atoms with van der Waals surface area (Å²) in [7, 11) is 0. The standard InChI is InChI=1S/C14H22.C2H6.CH4/c1-10(2)12-8-7-11(3)13(9-12)14(4,5)6;1-2;/h7-10H,1-6H3;1-2H3;1H4. The zero-order chi connectivity index (χ0) is 12.9. The fourth-order valence-corrected chi connectivity index (χ4v) is 1.81. The number of benzene rings is 1. The highest BCUT2D eigenvalue weighted by Crippen LogP contribution is 2.28. The number of rotatable bonds is 1. The van der Waals surface area contributed by atoms with Gasteiger partial charge in [0.1, 0.15) is 0 Å². The molecule has 1 aromatic carbocycles. The summed E-state index contributed by atoms with van der Waals surface area (Å²) in [5.74, 6) is 0.622. The van der Waals surface area contributed by atoms with Gasteiger partial charge in [-0.1, -0.05) is 74.1 Å². The van der Waals surface area contributed by atoms with Crippen molar-refractivity contribution in [2.75, 3.05) is 0 Å². The molecule has 100 valence electrons. The summed E-state index contributed by atoms with van der Waals surface area (Å²) in [5, 5.41) is 0. The van der Waals surface area contributed by atoms with Crippen molar-refractivity contribution in [1.29, 1.82) is 0 Å². The fraction of sp³-hybridized carbons (Fsp3) is 0.647. The van der Waals surface area contributed by atoms with Crippen LogP contribution in [-0.4, -0.2) is 0 Å². The van der Waals surface area contributed by atoms with Crippen molar-refractivity contribution >= 4 is 0 Å². The van der Waals surface area contributed by atoms with Crippen LogP contribution in [0.5, 0.6) is 0 Å². The molecule has 0 bridgehead atoms. The lowest BCUT2D eigenvalue weighted by Crippen LogP contribution is -2.13. The summed E-state index contributed by atoms with van der Waals surface area (Å²) in [6.07, 6.45) is 0. The average molecular weight is 236 g/mol. The smallest absolute Gasteiger partial charge is 0.0129 e. The van der Waals surface area contributed by atoms with Gasteiger partial charge in [0.25, 0.3) is 0 Å². The van der Waals surface area contributed by atoms with Crippen molar-refractivity contribution in [2.24, 2.45) is 0 Å². The Labute approximate surface area is 109 Å². The van der Waals surface area contributed by atoms with Crippen molar-refractivity contribution in [2.45, 2.75) is 74.1 Å². The highest BCUT2D eigenvalue weighted by molar-refractivity contribution is 5.36. The van der Waals surface area contributed by atoms with Gasteiger partial charge in [-0.05, 0) is 34.9 Å². The SMILES string of the molecule is C.CC.Cc1ccc(C(C)C)cc1C(C)(C)C. The highest BCUT2D eigenvalue weighted by Gasteiger charge is 2.16. The third-order valence-corrected chi connectivity index (χ3v) is 2.74. The Kier molecular flexibility index (Phi) is 8.23. The molecule has 1 rings (SSSR count). The summed E-state index contributed by atoms with van der Waals surface area (Å²) in [6.45, 7) is 17.5. The summed E-state index contributed by atoms with van der Waals surface area (Å²) >= 11 is 0. The van der Waals surface area contributed by atoms with E-state index in [-0.39, 0.29) is 12.8 Å². The molecule has 0 nitrogen and oxygen atoms in total. The molecule has 0 saturated heterocycles. The van der Waals surface area contributed by atoms with E-state index in [0.29, 0.717) is 5.92 Å². The molecule has 0 N–H and O–H groups in total. The molecule has 0 aromatic heterocycles. The second kappa shape index (κ2) is 7.53. The van der Waals surface area contributed by atoms with Crippen molar-refractivity contribution in [1.82, 2.24) is 0 Å². The minimum atomic E-state index is 0. The van der Waals surface area contributed by atoms with Gasteiger partial charge in [0, 0.05) is 0 Å². The molecule has 0 spiro atoms. The fourth-order valence-electron chi connectivity index (χ4n) is 1.81. The Morgan fingerprint density at radius 3 is 1.82 bits per heavy atom. The molecule has 17 heavy (non-hydrogen) atoms. The zero-order valence-electron chi connectivity index (χ0n) is 12.3. The maximum Gasteiger partial charge on any atom is -0.0129 e. The number of hydrogen-bond acceptors (Lipinski definition) is 0. The molecule has 0 amide bonds. The van der Waals surface area contributed by atoms with E-state index in [1.165, 1.54) is 16.7 Å². The predicted octanol–water partition coefficient (Wildman–Crippen LogP) is 6.08. The molecule has 0 heteroatoms. The second-order valence-corrected chi connectivity index (χ2v) is 5.48. The molecule has 1 aromatic rings. The van der Waals surface area contributed by atoms with Gasteiger partial charge in [0.2, 0.25) is 0 Å². The van der Waals surface area contributed by atoms with E-state index < -0.39 is 0 Å². The zero-order valence-corrected chi connectivity index (χ0v) is 12.3. The maximum absolute atomic E-state index is 2.36. The van der Waals surface area contributed by atoms with Gasteiger partial charge < -0.3 is 0 Å². The van der Waals surface area contributed by atoms with Gasteiger partial charge in [-0.3, -0.25) is 0 Å². The van der Waals surface area contributed by atoms with Crippen LogP contribution in [0.25, 0.3) is 0 Å². The minimum absolute atomic E-state index is 0. The molecule has 0 aliphatic carbocycles. The van der Waals surface area contributed by atoms with E-state index in [0.717, 1.165) is 0 Å². The minimum Gasteiger partial charge on any atom is -0.0776 e. The lowest BCUT2D eigenvalue weighted by Gasteiger charge is -2.23. The predicted molar refractivity (Wildman–Crippen MR) is 82.0 cm³/mol. The summed E-state index contributed by atoms with van der Waals surface area (Å²) < 4.78 is 0. The monoisotopic (exact) mass is 236 g/mol. The van der Waals surface area contributed by atoms with E-state index in [2.05, 4.69) is 59.7 Å². The Bertz CT molecular complexity index is 313. The quantitative estimate of drug-likeness (QED) is 0.554. The first kappa shape index (κ1) is 18.6. The normalized spacial score (nSPS) is 10.4. The first-order chi connectivity index (χ1) is 7.32. The number of hydrogen-bond donors (Lipinski definition) is 0. The molecule has 0 radical (unpaired) electrons. The molecular weight excluding hydrogens is 204 g/mol. The molecule has 0 fully saturated rings. The van der Waals surface area contributed by atoms with Crippen LogP contribution in [0.1, 0.15) is 78.5 Å². The van der Waals surface area contributed by atoms with E-state index in [9.17, 15) is 0 Å². The van der Waals surface area contributed by atoms with Crippen LogP contribution < -0.4 is 0 Å². The van der Waals surface area contributed by atoms with E-state index >= 15 is 0 Å². The first-order valence-electron chi connectivity index (χ1n) is 6.43. The topological polar surface area (TPSA) is 0 Å². The van der Waals surface area contributed by atoms with Crippen LogP contribution in [0.4, 0.5) is 0 Å². The number of aryl methyl sites for hydroxylation is 1. The van der Waals surface area contributed by atoms with Gasteiger partial charge >= 0.3 is 0 Å². The molecule has 0 heterocycles. The van der Waals surface area contributed by atoms with E-state index in [4.69, 9.17) is 0 Å². The van der Waals surface area contributed by atoms with E-state index in [1.807, 2.05) is 13.8 Å². The van der Waals surface area contributed by atoms with E-state index in [1.54, 1.807) is 0 Å². The van der Waals surface area contributed by atoms with Gasteiger partial charge in [-0.2, -0.15) is 0 Å². The second-order valence-electron chi connectivity index (χ2n) is 5.48. The Hall–Kier alpha value is -0.780. The van der Waals surface area contributed by atoms with Gasteiger partial charge in [0.15, 0.2) is 0 Å². The third-order valence-electron chi connectivity index (χ3n) is 2.74. The highest BCUT2D eigenvalue weighted by atomic mass is 14.2.